The zero-order chi connectivity index (χ0) is 15.6. The van der Waals surface area contributed by atoms with Gasteiger partial charge in [-0.15, -0.1) is 8.78 Å². The molecule has 1 N–H and O–H groups in total. The number of para-hydroxylation sites is 1. The first-order chi connectivity index (χ1) is 11.1. The zero-order valence-corrected chi connectivity index (χ0v) is 12.1. The topological polar surface area (TPSA) is 46.6 Å². The molecule has 1 saturated heterocycles. The standard InChI is InChI=1S/C16H13F2N3O2/c17-16(18)22-13-3-1-2-10(14(13)23-16)11-4-5-12-15(20-11)19-9-6-7-21(12)8-9/h1-5,9H,6-8H2,(H,19,20). The van der Waals surface area contributed by atoms with Gasteiger partial charge in [0.25, 0.3) is 0 Å². The summed E-state index contributed by atoms with van der Waals surface area (Å²) in [6.45, 7) is 1.99. The van der Waals surface area contributed by atoms with Crippen LogP contribution in [0.2, 0.25) is 0 Å². The number of alkyl halides is 2. The Kier molecular flexibility index (Phi) is 2.39. The third-order valence-corrected chi connectivity index (χ3v) is 4.45. The van der Waals surface area contributed by atoms with Crippen molar-refractivity contribution in [1.82, 2.24) is 4.98 Å². The summed E-state index contributed by atoms with van der Waals surface area (Å²) in [5, 5.41) is 3.41. The average Bonchev–Trinajstić information content (AvgIpc) is 3.05. The van der Waals surface area contributed by atoms with Crippen molar-refractivity contribution < 1.29 is 18.3 Å². The molecule has 0 saturated carbocycles. The van der Waals surface area contributed by atoms with Gasteiger partial charge >= 0.3 is 6.29 Å². The highest BCUT2D eigenvalue weighted by Crippen LogP contribution is 2.47. The van der Waals surface area contributed by atoms with Crippen molar-refractivity contribution in [2.45, 2.75) is 18.8 Å². The minimum absolute atomic E-state index is 0.0313. The highest BCUT2D eigenvalue weighted by atomic mass is 19.3. The van der Waals surface area contributed by atoms with E-state index in [4.69, 9.17) is 0 Å². The van der Waals surface area contributed by atoms with Gasteiger partial charge in [0.2, 0.25) is 0 Å². The van der Waals surface area contributed by atoms with Crippen LogP contribution in [0.3, 0.4) is 0 Å². The van der Waals surface area contributed by atoms with Crippen molar-refractivity contribution in [3.8, 4) is 22.8 Å². The van der Waals surface area contributed by atoms with Crippen LogP contribution in [0.4, 0.5) is 20.3 Å². The fourth-order valence-corrected chi connectivity index (χ4v) is 3.42. The summed E-state index contributed by atoms with van der Waals surface area (Å²) < 4.78 is 35.8. The largest absolute Gasteiger partial charge is 0.586 e. The Morgan fingerprint density at radius 3 is 3.04 bits per heavy atom. The molecule has 5 nitrogen and oxygen atoms in total. The number of fused-ring (bicyclic) bond motifs is 5. The summed E-state index contributed by atoms with van der Waals surface area (Å²) in [6, 6.07) is 9.02. The van der Waals surface area contributed by atoms with Crippen LogP contribution in [-0.4, -0.2) is 30.4 Å². The van der Waals surface area contributed by atoms with Crippen molar-refractivity contribution in [1.29, 1.82) is 0 Å². The highest BCUT2D eigenvalue weighted by molar-refractivity contribution is 5.78. The molecule has 1 atom stereocenters. The lowest BCUT2D eigenvalue weighted by molar-refractivity contribution is -0.286. The van der Waals surface area contributed by atoms with Gasteiger partial charge in [0.1, 0.15) is 0 Å². The number of nitrogens with one attached hydrogen (secondary N) is 1. The molecule has 1 fully saturated rings. The lowest BCUT2D eigenvalue weighted by Crippen LogP contribution is -2.32. The van der Waals surface area contributed by atoms with Crippen molar-refractivity contribution in [3.63, 3.8) is 0 Å². The number of rotatable bonds is 1. The minimum atomic E-state index is -3.63. The highest BCUT2D eigenvalue weighted by Gasteiger charge is 2.44. The van der Waals surface area contributed by atoms with Crippen LogP contribution < -0.4 is 19.7 Å². The maximum atomic E-state index is 13.3. The van der Waals surface area contributed by atoms with E-state index in [0.717, 1.165) is 31.0 Å². The van der Waals surface area contributed by atoms with Gasteiger partial charge in [0.15, 0.2) is 17.3 Å². The summed E-state index contributed by atoms with van der Waals surface area (Å²) >= 11 is 0. The number of halogens is 2. The molecule has 3 aliphatic heterocycles. The molecule has 4 heterocycles. The second-order valence-electron chi connectivity index (χ2n) is 5.94. The maximum absolute atomic E-state index is 13.3. The van der Waals surface area contributed by atoms with Crippen molar-refractivity contribution in [2.75, 3.05) is 23.3 Å². The number of ether oxygens (including phenoxy) is 2. The fraction of sp³-hybridized carbons (Fsp3) is 0.312. The monoisotopic (exact) mass is 317 g/mol. The molecule has 5 rings (SSSR count). The predicted molar refractivity (Wildman–Crippen MR) is 80.1 cm³/mol. The first-order valence-corrected chi connectivity index (χ1v) is 7.51. The van der Waals surface area contributed by atoms with E-state index in [0.29, 0.717) is 17.3 Å². The molecule has 23 heavy (non-hydrogen) atoms. The molecular formula is C16H13F2N3O2. The summed E-state index contributed by atoms with van der Waals surface area (Å²) in [7, 11) is 0. The molecule has 1 aromatic heterocycles. The summed E-state index contributed by atoms with van der Waals surface area (Å²) in [5.74, 6) is 0.854. The van der Waals surface area contributed by atoms with Gasteiger partial charge in [-0.25, -0.2) is 4.98 Å². The SMILES string of the molecule is FC1(F)Oc2cccc(-c3ccc4c(n3)NC3CCN4C3)c2O1. The normalized spacial score (nSPS) is 22.7. The molecule has 3 aliphatic rings. The van der Waals surface area contributed by atoms with Gasteiger partial charge in [-0.1, -0.05) is 6.07 Å². The van der Waals surface area contributed by atoms with Gasteiger partial charge in [-0.3, -0.25) is 0 Å². The van der Waals surface area contributed by atoms with Crippen LogP contribution >= 0.6 is 0 Å². The first kappa shape index (κ1) is 12.9. The third kappa shape index (κ3) is 1.92. The van der Waals surface area contributed by atoms with Crippen LogP contribution in [0.15, 0.2) is 30.3 Å². The number of benzene rings is 1. The maximum Gasteiger partial charge on any atom is 0.586 e. The number of anilines is 2. The Hall–Kier alpha value is -2.57. The molecule has 118 valence electrons. The average molecular weight is 317 g/mol. The molecule has 2 bridgehead atoms. The van der Waals surface area contributed by atoms with Crippen LogP contribution in [0, 0.1) is 0 Å². The third-order valence-electron chi connectivity index (χ3n) is 4.45. The second kappa shape index (κ2) is 4.24. The van der Waals surface area contributed by atoms with Gasteiger partial charge < -0.3 is 19.7 Å². The number of aromatic nitrogens is 1. The predicted octanol–water partition coefficient (Wildman–Crippen LogP) is 3.07. The van der Waals surface area contributed by atoms with Gasteiger partial charge in [-0.05, 0) is 30.7 Å². The van der Waals surface area contributed by atoms with E-state index in [9.17, 15) is 8.78 Å². The quantitative estimate of drug-likeness (QED) is 0.876. The fourth-order valence-electron chi connectivity index (χ4n) is 3.42. The van der Waals surface area contributed by atoms with Gasteiger partial charge in [-0.2, -0.15) is 0 Å². The molecule has 7 heteroatoms. The summed E-state index contributed by atoms with van der Waals surface area (Å²) in [5.41, 5.74) is 2.13. The van der Waals surface area contributed by atoms with Crippen LogP contribution in [0.25, 0.3) is 11.3 Å². The number of hydrogen-bond acceptors (Lipinski definition) is 5. The van der Waals surface area contributed by atoms with Crippen LogP contribution in [0.5, 0.6) is 11.5 Å². The van der Waals surface area contributed by atoms with E-state index in [-0.39, 0.29) is 11.5 Å². The number of hydrogen-bond donors (Lipinski definition) is 1. The molecule has 1 unspecified atom stereocenters. The minimum Gasteiger partial charge on any atom is -0.395 e. The van der Waals surface area contributed by atoms with E-state index in [2.05, 4.69) is 24.7 Å². The van der Waals surface area contributed by atoms with Crippen molar-refractivity contribution in [2.24, 2.45) is 0 Å². The van der Waals surface area contributed by atoms with Crippen LogP contribution in [0.1, 0.15) is 6.42 Å². The summed E-state index contributed by atoms with van der Waals surface area (Å²) in [6.07, 6.45) is -2.55. The second-order valence-corrected chi connectivity index (χ2v) is 5.94. The van der Waals surface area contributed by atoms with Crippen LogP contribution in [-0.2, 0) is 0 Å². The van der Waals surface area contributed by atoms with Crippen molar-refractivity contribution in [3.05, 3.63) is 30.3 Å². The first-order valence-electron chi connectivity index (χ1n) is 7.51. The molecule has 0 radical (unpaired) electrons. The van der Waals surface area contributed by atoms with Gasteiger partial charge in [0.05, 0.1) is 11.4 Å². The molecule has 1 aromatic carbocycles. The van der Waals surface area contributed by atoms with E-state index in [1.165, 1.54) is 6.07 Å². The Morgan fingerprint density at radius 2 is 2.13 bits per heavy atom. The Bertz CT molecular complexity index is 812. The Balaban J connectivity index is 1.60. The van der Waals surface area contributed by atoms with Crippen molar-refractivity contribution >= 4 is 11.5 Å². The molecule has 0 amide bonds. The van der Waals surface area contributed by atoms with E-state index >= 15 is 0 Å². The lowest BCUT2D eigenvalue weighted by Gasteiger charge is -2.28. The Labute approximate surface area is 130 Å². The zero-order valence-electron chi connectivity index (χ0n) is 12.1. The molecular weight excluding hydrogens is 304 g/mol. The Morgan fingerprint density at radius 1 is 1.22 bits per heavy atom. The summed E-state index contributed by atoms with van der Waals surface area (Å²) in [4.78, 5) is 6.90. The lowest BCUT2D eigenvalue weighted by atomic mass is 10.1. The smallest absolute Gasteiger partial charge is 0.395 e. The number of nitrogens with zero attached hydrogens (tertiary/aromatic N) is 2. The number of pyridine rings is 1. The molecule has 0 aliphatic carbocycles. The molecule has 0 spiro atoms. The van der Waals surface area contributed by atoms with E-state index in [1.54, 1.807) is 12.1 Å². The van der Waals surface area contributed by atoms with Gasteiger partial charge in [0, 0.05) is 24.7 Å². The molecule has 2 aromatic rings. The van der Waals surface area contributed by atoms with E-state index < -0.39 is 6.29 Å². The van der Waals surface area contributed by atoms with E-state index in [1.807, 2.05) is 12.1 Å².